The van der Waals surface area contributed by atoms with Crippen molar-refractivity contribution in [2.75, 3.05) is 13.7 Å². The second-order valence-corrected chi connectivity index (χ2v) is 8.02. The van der Waals surface area contributed by atoms with E-state index in [-0.39, 0.29) is 12.2 Å². The van der Waals surface area contributed by atoms with Gasteiger partial charge in [-0.15, -0.1) is 0 Å². The van der Waals surface area contributed by atoms with Gasteiger partial charge in [0, 0.05) is 12.5 Å². The maximum Gasteiger partial charge on any atom is 0.410 e. The van der Waals surface area contributed by atoms with Crippen molar-refractivity contribution in [3.8, 4) is 0 Å². The fraction of sp³-hybridized carbons (Fsp3) is 0.476. The minimum atomic E-state index is -1.22. The molecular weight excluding hydrogens is 362 g/mol. The summed E-state index contributed by atoms with van der Waals surface area (Å²) in [4.78, 5) is 37.7. The minimum Gasteiger partial charge on any atom is -0.480 e. The second kappa shape index (κ2) is 8.91. The molecule has 7 heteroatoms. The summed E-state index contributed by atoms with van der Waals surface area (Å²) < 4.78 is 10.3. The predicted octanol–water partition coefficient (Wildman–Crippen LogP) is 3.63. The lowest BCUT2D eigenvalue weighted by atomic mass is 9.76. The minimum absolute atomic E-state index is 0.0750. The lowest BCUT2D eigenvalue weighted by molar-refractivity contribution is -0.145. The van der Waals surface area contributed by atoms with Crippen LogP contribution in [0, 0.1) is 0 Å². The highest BCUT2D eigenvalue weighted by molar-refractivity contribution is 5.90. The number of esters is 1. The number of amides is 1. The number of nitrogens with zero attached hydrogens (tertiary/aromatic N) is 1. The molecule has 0 aromatic heterocycles. The SMILES string of the molecule is C=CCOC(=O)c1cccc(C(C)(C)[C@@H](C(=O)O)N(C)C(=O)OC(C)(C)C)c1. The van der Waals surface area contributed by atoms with Gasteiger partial charge < -0.3 is 14.6 Å². The quantitative estimate of drug-likeness (QED) is 0.564. The molecule has 28 heavy (non-hydrogen) atoms. The summed E-state index contributed by atoms with van der Waals surface area (Å²) in [5.41, 5.74) is -0.917. The van der Waals surface area contributed by atoms with Crippen molar-refractivity contribution in [3.05, 3.63) is 48.0 Å². The topological polar surface area (TPSA) is 93.1 Å². The average Bonchev–Trinajstić information content (AvgIpc) is 2.57. The van der Waals surface area contributed by atoms with Crippen LogP contribution in [-0.4, -0.2) is 53.3 Å². The normalized spacial score (nSPS) is 12.6. The highest BCUT2D eigenvalue weighted by Gasteiger charge is 2.43. The van der Waals surface area contributed by atoms with E-state index in [2.05, 4.69) is 6.58 Å². The Hall–Kier alpha value is -2.83. The van der Waals surface area contributed by atoms with Gasteiger partial charge in [0.05, 0.1) is 5.56 Å². The molecule has 0 spiro atoms. The maximum absolute atomic E-state index is 12.4. The van der Waals surface area contributed by atoms with E-state index in [0.717, 1.165) is 4.90 Å². The number of carbonyl (C=O) groups excluding carboxylic acids is 2. The standard InChI is InChI=1S/C21H29NO6/c1-8-12-27-18(25)14-10-9-11-15(13-14)21(5,6)16(17(23)24)22(7)19(26)28-20(2,3)4/h8-11,13,16H,1,12H2,2-7H3,(H,23,24)/t16-/m1/s1. The Balaban J connectivity index is 3.25. The van der Waals surface area contributed by atoms with E-state index in [1.807, 2.05) is 0 Å². The first kappa shape index (κ1) is 23.2. The molecule has 0 radical (unpaired) electrons. The first-order valence-corrected chi connectivity index (χ1v) is 8.88. The zero-order valence-corrected chi connectivity index (χ0v) is 17.3. The van der Waals surface area contributed by atoms with Crippen LogP contribution >= 0.6 is 0 Å². The molecule has 0 heterocycles. The summed E-state index contributed by atoms with van der Waals surface area (Å²) in [5, 5.41) is 9.83. The van der Waals surface area contributed by atoms with Gasteiger partial charge in [-0.25, -0.2) is 14.4 Å². The van der Waals surface area contributed by atoms with Gasteiger partial charge in [0.2, 0.25) is 0 Å². The van der Waals surface area contributed by atoms with E-state index >= 15 is 0 Å². The van der Waals surface area contributed by atoms with E-state index < -0.39 is 35.1 Å². The molecule has 0 saturated carbocycles. The van der Waals surface area contributed by atoms with Crippen LogP contribution < -0.4 is 0 Å². The Morgan fingerprint density at radius 2 is 1.82 bits per heavy atom. The van der Waals surface area contributed by atoms with Crippen LogP contribution in [0.25, 0.3) is 0 Å². The Morgan fingerprint density at radius 1 is 1.21 bits per heavy atom. The van der Waals surface area contributed by atoms with E-state index in [1.165, 1.54) is 13.1 Å². The van der Waals surface area contributed by atoms with Gasteiger partial charge >= 0.3 is 18.0 Å². The van der Waals surface area contributed by atoms with Crippen LogP contribution in [0.1, 0.15) is 50.5 Å². The van der Waals surface area contributed by atoms with E-state index in [4.69, 9.17) is 9.47 Å². The maximum atomic E-state index is 12.4. The summed E-state index contributed by atoms with van der Waals surface area (Å²) in [6.07, 6.45) is 0.719. The molecule has 1 atom stereocenters. The lowest BCUT2D eigenvalue weighted by Gasteiger charge is -2.38. The molecule has 0 fully saturated rings. The largest absolute Gasteiger partial charge is 0.480 e. The molecule has 1 amide bonds. The fourth-order valence-corrected chi connectivity index (χ4v) is 2.82. The van der Waals surface area contributed by atoms with Gasteiger partial charge in [0.1, 0.15) is 18.2 Å². The number of likely N-dealkylation sites (N-methyl/N-ethyl adjacent to an activating group) is 1. The van der Waals surface area contributed by atoms with Crippen molar-refractivity contribution < 1.29 is 29.0 Å². The second-order valence-electron chi connectivity index (χ2n) is 8.02. The van der Waals surface area contributed by atoms with E-state index in [0.29, 0.717) is 5.56 Å². The zero-order valence-electron chi connectivity index (χ0n) is 17.3. The number of carboxylic acid groups (broad SMARTS) is 1. The molecule has 0 bridgehead atoms. The van der Waals surface area contributed by atoms with Crippen molar-refractivity contribution in [3.63, 3.8) is 0 Å². The van der Waals surface area contributed by atoms with Crippen molar-refractivity contribution in [2.45, 2.75) is 51.7 Å². The van der Waals surface area contributed by atoms with Gasteiger partial charge in [0.15, 0.2) is 0 Å². The van der Waals surface area contributed by atoms with Gasteiger partial charge in [0.25, 0.3) is 0 Å². The Bertz CT molecular complexity index is 748. The molecule has 0 aliphatic rings. The molecule has 1 aromatic rings. The molecule has 0 aliphatic carbocycles. The van der Waals surface area contributed by atoms with Crippen molar-refractivity contribution in [2.24, 2.45) is 0 Å². The summed E-state index contributed by atoms with van der Waals surface area (Å²) in [6, 6.07) is 5.29. The average molecular weight is 391 g/mol. The number of benzene rings is 1. The van der Waals surface area contributed by atoms with Crippen LogP contribution in [0.2, 0.25) is 0 Å². The number of carboxylic acids is 1. The summed E-state index contributed by atoms with van der Waals surface area (Å²) in [6.45, 7) is 12.1. The van der Waals surface area contributed by atoms with Crippen molar-refractivity contribution in [1.29, 1.82) is 0 Å². The molecule has 1 rings (SSSR count). The molecule has 0 aliphatic heterocycles. The Kier molecular flexibility index (Phi) is 7.38. The third-order valence-corrected chi connectivity index (χ3v) is 4.16. The van der Waals surface area contributed by atoms with E-state index in [1.54, 1.807) is 58.9 Å². The van der Waals surface area contributed by atoms with Crippen LogP contribution in [0.5, 0.6) is 0 Å². The van der Waals surface area contributed by atoms with Crippen molar-refractivity contribution in [1.82, 2.24) is 4.90 Å². The number of rotatable bonds is 7. The van der Waals surface area contributed by atoms with Gasteiger partial charge in [-0.2, -0.15) is 0 Å². The van der Waals surface area contributed by atoms with E-state index in [9.17, 15) is 19.5 Å². The molecule has 1 N–H and O–H groups in total. The third-order valence-electron chi connectivity index (χ3n) is 4.16. The van der Waals surface area contributed by atoms with Crippen LogP contribution in [0.15, 0.2) is 36.9 Å². The molecule has 0 saturated heterocycles. The van der Waals surface area contributed by atoms with Crippen LogP contribution in [0.3, 0.4) is 0 Å². The van der Waals surface area contributed by atoms with Gasteiger partial charge in [-0.3, -0.25) is 4.90 Å². The Labute approximate surface area is 165 Å². The Morgan fingerprint density at radius 3 is 2.32 bits per heavy atom. The molecule has 154 valence electrons. The molecular formula is C21H29NO6. The number of aliphatic carboxylic acids is 1. The first-order chi connectivity index (χ1) is 12.8. The predicted molar refractivity (Wildman–Crippen MR) is 105 cm³/mol. The third kappa shape index (κ3) is 5.84. The van der Waals surface area contributed by atoms with Gasteiger partial charge in [-0.05, 0) is 38.5 Å². The van der Waals surface area contributed by atoms with Gasteiger partial charge in [-0.1, -0.05) is 38.6 Å². The van der Waals surface area contributed by atoms with Crippen LogP contribution in [-0.2, 0) is 19.7 Å². The van der Waals surface area contributed by atoms with Crippen molar-refractivity contribution >= 4 is 18.0 Å². The monoisotopic (exact) mass is 391 g/mol. The smallest absolute Gasteiger partial charge is 0.410 e. The summed E-state index contributed by atoms with van der Waals surface area (Å²) >= 11 is 0. The zero-order chi connectivity index (χ0) is 21.7. The number of ether oxygens (including phenoxy) is 2. The molecule has 7 nitrogen and oxygen atoms in total. The molecule has 0 unspecified atom stereocenters. The summed E-state index contributed by atoms with van der Waals surface area (Å²) in [5.74, 6) is -1.72. The highest BCUT2D eigenvalue weighted by Crippen LogP contribution is 2.32. The fourth-order valence-electron chi connectivity index (χ4n) is 2.82. The number of hydrogen-bond donors (Lipinski definition) is 1. The number of hydrogen-bond acceptors (Lipinski definition) is 5. The molecule has 1 aromatic carbocycles. The first-order valence-electron chi connectivity index (χ1n) is 8.88. The summed E-state index contributed by atoms with van der Waals surface area (Å²) in [7, 11) is 1.39. The van der Waals surface area contributed by atoms with Crippen LogP contribution in [0.4, 0.5) is 4.79 Å². The number of carbonyl (C=O) groups is 3. The lowest BCUT2D eigenvalue weighted by Crippen LogP contribution is -2.54. The highest BCUT2D eigenvalue weighted by atomic mass is 16.6.